The van der Waals surface area contributed by atoms with Gasteiger partial charge in [-0.15, -0.1) is 0 Å². The summed E-state index contributed by atoms with van der Waals surface area (Å²) in [5, 5.41) is 0. The number of hydrogen-bond donors (Lipinski definition) is 1. The molecule has 0 radical (unpaired) electrons. The second kappa shape index (κ2) is 5.27. The Kier molecular flexibility index (Phi) is 4.28. The van der Waals surface area contributed by atoms with Crippen molar-refractivity contribution in [2.45, 2.75) is 19.3 Å². The summed E-state index contributed by atoms with van der Waals surface area (Å²) in [6, 6.07) is 0. The van der Waals surface area contributed by atoms with E-state index in [9.17, 15) is 13.2 Å². The van der Waals surface area contributed by atoms with Gasteiger partial charge < -0.3 is 4.74 Å². The molecule has 86 valence electrons. The minimum Gasteiger partial charge on any atom is -0.464 e. The molecule has 0 bridgehead atoms. The van der Waals surface area contributed by atoms with Crippen LogP contribution in [0.2, 0.25) is 0 Å². The van der Waals surface area contributed by atoms with Gasteiger partial charge >= 0.3 is 5.97 Å². The van der Waals surface area contributed by atoms with Crippen LogP contribution in [-0.4, -0.2) is 31.3 Å². The predicted molar refractivity (Wildman–Crippen MR) is 53.9 cm³/mol. The lowest BCUT2D eigenvalue weighted by Crippen LogP contribution is -2.21. The summed E-state index contributed by atoms with van der Waals surface area (Å²) < 4.78 is 33.8. The van der Waals surface area contributed by atoms with Gasteiger partial charge in [0.05, 0.1) is 5.92 Å². The first-order valence-electron chi connectivity index (χ1n) is 4.77. The third-order valence-electron chi connectivity index (χ3n) is 2.14. The van der Waals surface area contributed by atoms with E-state index in [1.54, 1.807) is 6.08 Å². The summed E-state index contributed by atoms with van der Waals surface area (Å²) in [4.78, 5) is 11.3. The Morgan fingerprint density at radius 3 is 2.80 bits per heavy atom. The van der Waals surface area contributed by atoms with E-state index in [0.717, 1.165) is 19.3 Å². The molecule has 6 heteroatoms. The first-order chi connectivity index (χ1) is 6.99. The molecule has 0 spiro atoms. The van der Waals surface area contributed by atoms with Gasteiger partial charge in [0, 0.05) is 0 Å². The van der Waals surface area contributed by atoms with Gasteiger partial charge in [-0.2, -0.15) is 8.42 Å². The average molecular weight is 234 g/mol. The fourth-order valence-electron chi connectivity index (χ4n) is 1.36. The van der Waals surface area contributed by atoms with Crippen molar-refractivity contribution in [3.63, 3.8) is 0 Å². The maximum atomic E-state index is 11.3. The molecule has 1 unspecified atom stereocenters. The van der Waals surface area contributed by atoms with E-state index >= 15 is 0 Å². The zero-order valence-corrected chi connectivity index (χ0v) is 9.07. The number of esters is 1. The molecule has 1 N–H and O–H groups in total. The summed E-state index contributed by atoms with van der Waals surface area (Å²) in [6.45, 7) is -0.290. The molecule has 1 aliphatic rings. The molecule has 1 atom stereocenters. The quantitative estimate of drug-likeness (QED) is 0.441. The summed E-state index contributed by atoms with van der Waals surface area (Å²) >= 11 is 0. The van der Waals surface area contributed by atoms with Crippen LogP contribution in [0.4, 0.5) is 0 Å². The Bertz CT molecular complexity index is 344. The van der Waals surface area contributed by atoms with Crippen molar-refractivity contribution in [3.8, 4) is 0 Å². The fraction of sp³-hybridized carbons (Fsp3) is 0.667. The second-order valence-electron chi connectivity index (χ2n) is 3.42. The maximum absolute atomic E-state index is 11.3. The van der Waals surface area contributed by atoms with Crippen LogP contribution in [-0.2, 0) is 19.6 Å². The number of rotatable bonds is 4. The summed E-state index contributed by atoms with van der Waals surface area (Å²) in [5.74, 6) is -1.23. The smallest absolute Gasteiger partial charge is 0.312 e. The number of hydrogen-bond acceptors (Lipinski definition) is 4. The molecule has 0 heterocycles. The van der Waals surface area contributed by atoms with Gasteiger partial charge in [0.25, 0.3) is 10.1 Å². The topological polar surface area (TPSA) is 80.7 Å². The van der Waals surface area contributed by atoms with Gasteiger partial charge in [0.15, 0.2) is 0 Å². The summed E-state index contributed by atoms with van der Waals surface area (Å²) in [5.41, 5.74) is 0. The zero-order chi connectivity index (χ0) is 11.3. The maximum Gasteiger partial charge on any atom is 0.312 e. The van der Waals surface area contributed by atoms with Crippen molar-refractivity contribution in [1.29, 1.82) is 0 Å². The van der Waals surface area contributed by atoms with Gasteiger partial charge in [0.2, 0.25) is 0 Å². The Morgan fingerprint density at radius 2 is 2.27 bits per heavy atom. The lowest BCUT2D eigenvalue weighted by Gasteiger charge is -2.14. The number of ether oxygens (including phenoxy) is 1. The Morgan fingerprint density at radius 1 is 1.53 bits per heavy atom. The molecule has 0 aliphatic heterocycles. The third-order valence-corrected chi connectivity index (χ3v) is 2.83. The summed E-state index contributed by atoms with van der Waals surface area (Å²) in [7, 11) is -4.05. The monoisotopic (exact) mass is 234 g/mol. The number of carbonyl (C=O) groups is 1. The third kappa shape index (κ3) is 4.94. The molecule has 0 saturated carbocycles. The molecule has 15 heavy (non-hydrogen) atoms. The van der Waals surface area contributed by atoms with Crippen LogP contribution in [0.3, 0.4) is 0 Å². The van der Waals surface area contributed by atoms with Crippen LogP contribution in [0.25, 0.3) is 0 Å². The predicted octanol–water partition coefficient (Wildman–Crippen LogP) is 0.774. The van der Waals surface area contributed by atoms with Gasteiger partial charge in [-0.1, -0.05) is 12.2 Å². The van der Waals surface area contributed by atoms with Gasteiger partial charge in [-0.3, -0.25) is 9.35 Å². The van der Waals surface area contributed by atoms with Crippen LogP contribution < -0.4 is 0 Å². The lowest BCUT2D eigenvalue weighted by atomic mass is 9.96. The number of carbonyl (C=O) groups excluding carboxylic acids is 1. The molecule has 5 nitrogen and oxygen atoms in total. The molecule has 0 aromatic rings. The van der Waals surface area contributed by atoms with Crippen LogP contribution >= 0.6 is 0 Å². The highest BCUT2D eigenvalue weighted by molar-refractivity contribution is 7.85. The van der Waals surface area contributed by atoms with E-state index in [1.165, 1.54) is 0 Å². The van der Waals surface area contributed by atoms with E-state index in [0.29, 0.717) is 0 Å². The Labute approximate surface area is 88.9 Å². The molecule has 0 fully saturated rings. The minimum absolute atomic E-state index is 0.264. The van der Waals surface area contributed by atoms with E-state index in [1.807, 2.05) is 6.08 Å². The molecule has 0 amide bonds. The van der Waals surface area contributed by atoms with Crippen molar-refractivity contribution >= 4 is 16.1 Å². The Hall–Kier alpha value is -0.880. The van der Waals surface area contributed by atoms with Crippen LogP contribution in [0.5, 0.6) is 0 Å². The van der Waals surface area contributed by atoms with Gasteiger partial charge in [-0.05, 0) is 19.3 Å². The molecule has 0 aromatic carbocycles. The molecular formula is C9H14O5S. The molecule has 1 aliphatic carbocycles. The second-order valence-corrected chi connectivity index (χ2v) is 4.99. The largest absolute Gasteiger partial charge is 0.464 e. The molecule has 0 aromatic heterocycles. The number of allylic oxidation sites excluding steroid dienone is 1. The normalized spacial score (nSPS) is 21.3. The van der Waals surface area contributed by atoms with E-state index in [-0.39, 0.29) is 12.5 Å². The average Bonchev–Trinajstić information content (AvgIpc) is 2.17. The van der Waals surface area contributed by atoms with Crippen molar-refractivity contribution in [3.05, 3.63) is 12.2 Å². The molecular weight excluding hydrogens is 220 g/mol. The van der Waals surface area contributed by atoms with E-state index < -0.39 is 21.8 Å². The fourth-order valence-corrected chi connectivity index (χ4v) is 1.66. The van der Waals surface area contributed by atoms with Gasteiger partial charge in [-0.25, -0.2) is 0 Å². The van der Waals surface area contributed by atoms with E-state index in [4.69, 9.17) is 9.29 Å². The van der Waals surface area contributed by atoms with Crippen molar-refractivity contribution in [2.24, 2.45) is 5.92 Å². The van der Waals surface area contributed by atoms with E-state index in [2.05, 4.69) is 0 Å². The standard InChI is InChI=1S/C9H14O5S/c10-9(8-4-2-1-3-5-8)14-6-7-15(11,12)13/h2,4,8H,1,3,5-7H2,(H,11,12,13). The minimum atomic E-state index is -4.05. The van der Waals surface area contributed by atoms with Crippen LogP contribution in [0.15, 0.2) is 12.2 Å². The first-order valence-corrected chi connectivity index (χ1v) is 6.38. The first kappa shape index (κ1) is 12.2. The van der Waals surface area contributed by atoms with Crippen molar-refractivity contribution in [2.75, 3.05) is 12.4 Å². The van der Waals surface area contributed by atoms with Crippen LogP contribution in [0, 0.1) is 5.92 Å². The summed E-state index contributed by atoms with van der Waals surface area (Å²) in [6.07, 6.45) is 6.34. The van der Waals surface area contributed by atoms with Crippen molar-refractivity contribution < 1.29 is 22.5 Å². The highest BCUT2D eigenvalue weighted by atomic mass is 32.2. The van der Waals surface area contributed by atoms with Crippen molar-refractivity contribution in [1.82, 2.24) is 0 Å². The zero-order valence-electron chi connectivity index (χ0n) is 8.26. The highest BCUT2D eigenvalue weighted by Gasteiger charge is 2.19. The lowest BCUT2D eigenvalue weighted by molar-refractivity contribution is -0.146. The molecule has 1 rings (SSSR count). The Balaban J connectivity index is 2.30. The molecule has 0 saturated heterocycles. The van der Waals surface area contributed by atoms with Crippen LogP contribution in [0.1, 0.15) is 19.3 Å². The highest BCUT2D eigenvalue weighted by Crippen LogP contribution is 2.18. The van der Waals surface area contributed by atoms with Gasteiger partial charge in [0.1, 0.15) is 12.4 Å². The SMILES string of the molecule is O=C(OCCS(=O)(=O)O)C1C=CCCC1.